The number of amides is 1. The van der Waals surface area contributed by atoms with Gasteiger partial charge in [0.15, 0.2) is 0 Å². The van der Waals surface area contributed by atoms with E-state index in [2.05, 4.69) is 5.10 Å². The van der Waals surface area contributed by atoms with E-state index in [1.807, 2.05) is 35.2 Å². The number of piperidine rings is 1. The van der Waals surface area contributed by atoms with E-state index in [0.717, 1.165) is 25.1 Å². The monoisotopic (exact) mass is 289 g/mol. The van der Waals surface area contributed by atoms with Gasteiger partial charge in [-0.2, -0.15) is 5.10 Å². The van der Waals surface area contributed by atoms with E-state index in [1.54, 1.807) is 17.1 Å². The Morgan fingerprint density at radius 3 is 2.85 bits per heavy atom. The van der Waals surface area contributed by atoms with Crippen LogP contribution in [0.15, 0.2) is 42.7 Å². The Morgan fingerprint density at radius 2 is 2.10 bits per heavy atom. The Hall–Kier alpha value is -1.81. The van der Waals surface area contributed by atoms with Crippen LogP contribution in [0.5, 0.6) is 0 Å². The minimum Gasteiger partial charge on any atom is -0.337 e. The molecule has 0 radical (unpaired) electrons. The van der Waals surface area contributed by atoms with Crippen molar-refractivity contribution in [3.63, 3.8) is 0 Å². The summed E-state index contributed by atoms with van der Waals surface area (Å²) in [6.45, 7) is 1.40. The Bertz CT molecular complexity index is 596. The summed E-state index contributed by atoms with van der Waals surface area (Å²) in [6, 6.07) is 9.75. The van der Waals surface area contributed by atoms with E-state index in [4.69, 9.17) is 11.6 Å². The first kappa shape index (κ1) is 13.2. The Kier molecular flexibility index (Phi) is 3.74. The predicted molar refractivity (Wildman–Crippen MR) is 78.3 cm³/mol. The Labute approximate surface area is 123 Å². The van der Waals surface area contributed by atoms with Gasteiger partial charge in [0.2, 0.25) is 0 Å². The van der Waals surface area contributed by atoms with Crippen LogP contribution in [0.25, 0.3) is 5.69 Å². The molecule has 1 aliphatic heterocycles. The van der Waals surface area contributed by atoms with Crippen LogP contribution in [-0.2, 0) is 0 Å². The average molecular weight is 290 g/mol. The molecule has 0 bridgehead atoms. The SMILES string of the molecule is O=C(c1cnn(-c2ccccc2)c1)N1CCCC(Cl)C1. The van der Waals surface area contributed by atoms with Crippen molar-refractivity contribution in [2.75, 3.05) is 13.1 Å². The number of rotatable bonds is 2. The molecule has 5 heteroatoms. The number of benzene rings is 1. The van der Waals surface area contributed by atoms with Crippen molar-refractivity contribution < 1.29 is 4.79 Å². The second-order valence-corrected chi connectivity index (χ2v) is 5.62. The smallest absolute Gasteiger partial charge is 0.257 e. The summed E-state index contributed by atoms with van der Waals surface area (Å²) in [6.07, 6.45) is 5.34. The number of nitrogens with zero attached hydrogens (tertiary/aromatic N) is 3. The number of carbonyl (C=O) groups is 1. The van der Waals surface area contributed by atoms with Crippen molar-refractivity contribution in [2.45, 2.75) is 18.2 Å². The average Bonchev–Trinajstić information content (AvgIpc) is 2.97. The van der Waals surface area contributed by atoms with Gasteiger partial charge >= 0.3 is 0 Å². The zero-order valence-electron chi connectivity index (χ0n) is 11.1. The summed E-state index contributed by atoms with van der Waals surface area (Å²) < 4.78 is 1.72. The molecule has 20 heavy (non-hydrogen) atoms. The van der Waals surface area contributed by atoms with Crippen LogP contribution in [0, 0.1) is 0 Å². The molecule has 1 aromatic carbocycles. The molecule has 4 nitrogen and oxygen atoms in total. The number of carbonyl (C=O) groups excluding carboxylic acids is 1. The maximum Gasteiger partial charge on any atom is 0.257 e. The van der Waals surface area contributed by atoms with Crippen LogP contribution in [0.1, 0.15) is 23.2 Å². The fourth-order valence-electron chi connectivity index (χ4n) is 2.45. The maximum atomic E-state index is 12.4. The molecule has 3 rings (SSSR count). The van der Waals surface area contributed by atoms with Gasteiger partial charge in [-0.05, 0) is 25.0 Å². The quantitative estimate of drug-likeness (QED) is 0.797. The molecule has 2 aromatic rings. The third kappa shape index (κ3) is 2.70. The zero-order chi connectivity index (χ0) is 13.9. The molecule has 1 aromatic heterocycles. The van der Waals surface area contributed by atoms with Gasteiger partial charge in [-0.25, -0.2) is 4.68 Å². The summed E-state index contributed by atoms with van der Waals surface area (Å²) in [5.41, 5.74) is 1.56. The van der Waals surface area contributed by atoms with Crippen LogP contribution in [0.2, 0.25) is 0 Å². The molecule has 1 fully saturated rings. The molecular formula is C15H16ClN3O. The fraction of sp³-hybridized carbons (Fsp3) is 0.333. The molecule has 1 atom stereocenters. The molecule has 1 unspecified atom stereocenters. The topological polar surface area (TPSA) is 38.1 Å². The first-order valence-corrected chi connectivity index (χ1v) is 7.21. The van der Waals surface area contributed by atoms with Crippen LogP contribution < -0.4 is 0 Å². The van der Waals surface area contributed by atoms with Crippen LogP contribution >= 0.6 is 11.6 Å². The van der Waals surface area contributed by atoms with Crippen molar-refractivity contribution in [1.82, 2.24) is 14.7 Å². The second-order valence-electron chi connectivity index (χ2n) is 5.00. The molecule has 1 aliphatic rings. The lowest BCUT2D eigenvalue weighted by Crippen LogP contribution is -2.40. The minimum absolute atomic E-state index is 0.0116. The molecule has 104 valence electrons. The maximum absolute atomic E-state index is 12.4. The lowest BCUT2D eigenvalue weighted by atomic mass is 10.1. The summed E-state index contributed by atoms with van der Waals surface area (Å²) >= 11 is 6.13. The van der Waals surface area contributed by atoms with Crippen molar-refractivity contribution in [1.29, 1.82) is 0 Å². The van der Waals surface area contributed by atoms with Crippen molar-refractivity contribution in [3.8, 4) is 5.69 Å². The second kappa shape index (κ2) is 5.67. The van der Waals surface area contributed by atoms with E-state index in [-0.39, 0.29) is 11.3 Å². The van der Waals surface area contributed by atoms with Gasteiger partial charge in [0.25, 0.3) is 5.91 Å². The third-order valence-electron chi connectivity index (χ3n) is 3.50. The van der Waals surface area contributed by atoms with Gasteiger partial charge < -0.3 is 4.90 Å². The Morgan fingerprint density at radius 1 is 1.30 bits per heavy atom. The van der Waals surface area contributed by atoms with Crippen molar-refractivity contribution in [2.24, 2.45) is 0 Å². The lowest BCUT2D eigenvalue weighted by molar-refractivity contribution is 0.0727. The van der Waals surface area contributed by atoms with E-state index in [1.165, 1.54) is 0 Å². The van der Waals surface area contributed by atoms with E-state index in [0.29, 0.717) is 12.1 Å². The van der Waals surface area contributed by atoms with Gasteiger partial charge in [-0.3, -0.25) is 4.79 Å². The first-order chi connectivity index (χ1) is 9.74. The normalized spacial score (nSPS) is 19.1. The molecule has 0 spiro atoms. The summed E-state index contributed by atoms with van der Waals surface area (Å²) in [4.78, 5) is 14.2. The highest BCUT2D eigenvalue weighted by atomic mass is 35.5. The van der Waals surface area contributed by atoms with Gasteiger partial charge in [0.1, 0.15) is 0 Å². The lowest BCUT2D eigenvalue weighted by Gasteiger charge is -2.29. The summed E-state index contributed by atoms with van der Waals surface area (Å²) in [7, 11) is 0. The van der Waals surface area contributed by atoms with E-state index >= 15 is 0 Å². The van der Waals surface area contributed by atoms with E-state index in [9.17, 15) is 4.79 Å². The number of likely N-dealkylation sites (tertiary alicyclic amines) is 1. The highest BCUT2D eigenvalue weighted by Gasteiger charge is 2.24. The minimum atomic E-state index is 0.0116. The van der Waals surface area contributed by atoms with Gasteiger partial charge in [-0.15, -0.1) is 11.6 Å². The number of alkyl halides is 1. The number of para-hydroxylation sites is 1. The molecule has 2 heterocycles. The predicted octanol–water partition coefficient (Wildman–Crippen LogP) is 2.72. The highest BCUT2D eigenvalue weighted by Crippen LogP contribution is 2.18. The fourth-order valence-corrected chi connectivity index (χ4v) is 2.77. The molecule has 0 saturated carbocycles. The molecule has 1 saturated heterocycles. The molecule has 0 aliphatic carbocycles. The van der Waals surface area contributed by atoms with Crippen LogP contribution in [-0.4, -0.2) is 39.1 Å². The van der Waals surface area contributed by atoms with Crippen molar-refractivity contribution in [3.05, 3.63) is 48.3 Å². The highest BCUT2D eigenvalue weighted by molar-refractivity contribution is 6.21. The summed E-state index contributed by atoms with van der Waals surface area (Å²) in [5, 5.41) is 4.32. The third-order valence-corrected chi connectivity index (χ3v) is 3.86. The van der Waals surface area contributed by atoms with Gasteiger partial charge in [-0.1, -0.05) is 18.2 Å². The number of hydrogen-bond acceptors (Lipinski definition) is 2. The zero-order valence-corrected chi connectivity index (χ0v) is 11.8. The standard InChI is InChI=1S/C15H16ClN3O/c16-13-5-4-8-18(11-13)15(20)12-9-17-19(10-12)14-6-2-1-3-7-14/h1-3,6-7,9-10,13H,4-5,8,11H2. The molecular weight excluding hydrogens is 274 g/mol. The summed E-state index contributed by atoms with van der Waals surface area (Å²) in [5.74, 6) is 0.0116. The first-order valence-electron chi connectivity index (χ1n) is 6.77. The largest absolute Gasteiger partial charge is 0.337 e. The van der Waals surface area contributed by atoms with Gasteiger partial charge in [0, 0.05) is 19.3 Å². The number of hydrogen-bond donors (Lipinski definition) is 0. The van der Waals surface area contributed by atoms with Crippen LogP contribution in [0.3, 0.4) is 0 Å². The number of halogens is 1. The van der Waals surface area contributed by atoms with Crippen molar-refractivity contribution >= 4 is 17.5 Å². The van der Waals surface area contributed by atoms with E-state index < -0.39 is 0 Å². The molecule has 0 N–H and O–H groups in total. The van der Waals surface area contributed by atoms with Crippen LogP contribution in [0.4, 0.5) is 0 Å². The van der Waals surface area contributed by atoms with Gasteiger partial charge in [0.05, 0.1) is 22.8 Å². The molecule has 1 amide bonds. The Balaban J connectivity index is 1.78. The number of aromatic nitrogens is 2.